The number of rotatable bonds is 9. The number of nitrogens with one attached hydrogen (secondary N) is 1. The number of halogens is 1. The molecule has 4 aromatic rings. The van der Waals surface area contributed by atoms with Gasteiger partial charge in [-0.15, -0.1) is 10.2 Å². The van der Waals surface area contributed by atoms with Gasteiger partial charge in [0.1, 0.15) is 5.75 Å². The standard InChI is InChI=1S/C26H25ClN4O2S/c1-18(25(32)28-16-19-12-14-21(33-2)15-13-19)34-26-30-29-24(22-10-6-7-11-23(22)27)31(26)17-20-8-4-3-5-9-20/h3-15,18H,16-17H2,1-2H3,(H,28,32). The van der Waals surface area contributed by atoms with Crippen molar-refractivity contribution in [3.05, 3.63) is 95.0 Å². The largest absolute Gasteiger partial charge is 0.497 e. The monoisotopic (exact) mass is 492 g/mol. The van der Waals surface area contributed by atoms with E-state index in [1.165, 1.54) is 11.8 Å². The molecule has 0 aliphatic carbocycles. The van der Waals surface area contributed by atoms with Crippen LogP contribution in [0.5, 0.6) is 5.75 Å². The summed E-state index contributed by atoms with van der Waals surface area (Å²) in [7, 11) is 1.63. The molecular formula is C26H25ClN4O2S. The van der Waals surface area contributed by atoms with Crippen molar-refractivity contribution in [1.82, 2.24) is 20.1 Å². The molecule has 0 saturated heterocycles. The summed E-state index contributed by atoms with van der Waals surface area (Å²) in [6.07, 6.45) is 0. The van der Waals surface area contributed by atoms with Gasteiger partial charge in [0.05, 0.1) is 23.9 Å². The second-order valence-corrected chi connectivity index (χ2v) is 9.40. The molecule has 1 N–H and O–H groups in total. The maximum atomic E-state index is 12.8. The van der Waals surface area contributed by atoms with Crippen molar-refractivity contribution in [1.29, 1.82) is 0 Å². The van der Waals surface area contributed by atoms with Crippen LogP contribution in [0.15, 0.2) is 84.0 Å². The number of carbonyl (C=O) groups is 1. The van der Waals surface area contributed by atoms with Gasteiger partial charge in [0, 0.05) is 12.1 Å². The predicted molar refractivity (Wildman–Crippen MR) is 136 cm³/mol. The predicted octanol–water partition coefficient (Wildman–Crippen LogP) is 5.45. The lowest BCUT2D eigenvalue weighted by Gasteiger charge is -2.14. The Kier molecular flexibility index (Phi) is 7.87. The number of hydrogen-bond acceptors (Lipinski definition) is 5. The van der Waals surface area contributed by atoms with Crippen molar-refractivity contribution in [2.45, 2.75) is 30.4 Å². The van der Waals surface area contributed by atoms with Crippen molar-refractivity contribution in [2.24, 2.45) is 0 Å². The van der Waals surface area contributed by atoms with Gasteiger partial charge in [-0.1, -0.05) is 78.0 Å². The molecule has 0 aliphatic heterocycles. The Morgan fingerprint density at radius 3 is 2.41 bits per heavy atom. The van der Waals surface area contributed by atoms with Crippen molar-refractivity contribution >= 4 is 29.3 Å². The molecule has 1 amide bonds. The van der Waals surface area contributed by atoms with E-state index in [2.05, 4.69) is 27.6 Å². The van der Waals surface area contributed by atoms with Gasteiger partial charge >= 0.3 is 0 Å². The lowest BCUT2D eigenvalue weighted by molar-refractivity contribution is -0.120. The van der Waals surface area contributed by atoms with Crippen LogP contribution in [0.3, 0.4) is 0 Å². The van der Waals surface area contributed by atoms with E-state index >= 15 is 0 Å². The van der Waals surface area contributed by atoms with Crippen molar-refractivity contribution in [3.8, 4) is 17.1 Å². The van der Waals surface area contributed by atoms with Crippen LogP contribution in [0, 0.1) is 0 Å². The number of nitrogens with zero attached hydrogens (tertiary/aromatic N) is 3. The molecule has 174 valence electrons. The number of aromatic nitrogens is 3. The maximum Gasteiger partial charge on any atom is 0.233 e. The highest BCUT2D eigenvalue weighted by atomic mass is 35.5. The van der Waals surface area contributed by atoms with Gasteiger partial charge in [-0.2, -0.15) is 0 Å². The minimum Gasteiger partial charge on any atom is -0.497 e. The zero-order valence-corrected chi connectivity index (χ0v) is 20.5. The Bertz CT molecular complexity index is 1250. The van der Waals surface area contributed by atoms with Gasteiger partial charge in [0.15, 0.2) is 11.0 Å². The third-order valence-electron chi connectivity index (χ3n) is 5.29. The zero-order chi connectivity index (χ0) is 23.9. The molecule has 8 heteroatoms. The molecule has 0 saturated carbocycles. The van der Waals surface area contributed by atoms with E-state index in [4.69, 9.17) is 16.3 Å². The van der Waals surface area contributed by atoms with E-state index in [1.54, 1.807) is 7.11 Å². The van der Waals surface area contributed by atoms with Gasteiger partial charge in [0.25, 0.3) is 0 Å². The van der Waals surface area contributed by atoms with Gasteiger partial charge in [-0.25, -0.2) is 0 Å². The summed E-state index contributed by atoms with van der Waals surface area (Å²) in [6, 6.07) is 25.3. The molecule has 0 bridgehead atoms. The normalized spacial score (nSPS) is 11.7. The van der Waals surface area contributed by atoms with Crippen LogP contribution in [0.2, 0.25) is 5.02 Å². The van der Waals surface area contributed by atoms with Crippen LogP contribution < -0.4 is 10.1 Å². The second-order valence-electron chi connectivity index (χ2n) is 7.68. The number of thioether (sulfide) groups is 1. The smallest absolute Gasteiger partial charge is 0.233 e. The first-order valence-corrected chi connectivity index (χ1v) is 12.1. The average molecular weight is 493 g/mol. The van der Waals surface area contributed by atoms with Crippen LogP contribution in [0.4, 0.5) is 0 Å². The van der Waals surface area contributed by atoms with E-state index in [0.29, 0.717) is 29.1 Å². The topological polar surface area (TPSA) is 69.0 Å². The summed E-state index contributed by atoms with van der Waals surface area (Å²) in [4.78, 5) is 12.8. The van der Waals surface area contributed by atoms with Crippen molar-refractivity contribution in [2.75, 3.05) is 7.11 Å². The summed E-state index contributed by atoms with van der Waals surface area (Å²) in [5.74, 6) is 1.38. The highest BCUT2D eigenvalue weighted by molar-refractivity contribution is 8.00. The van der Waals surface area contributed by atoms with Crippen LogP contribution in [0.25, 0.3) is 11.4 Å². The molecule has 1 aromatic heterocycles. The third-order valence-corrected chi connectivity index (χ3v) is 6.70. The minimum atomic E-state index is -0.365. The fourth-order valence-electron chi connectivity index (χ4n) is 3.41. The summed E-state index contributed by atoms with van der Waals surface area (Å²) in [5, 5.41) is 12.7. The van der Waals surface area contributed by atoms with E-state index in [0.717, 1.165) is 22.4 Å². The first kappa shape index (κ1) is 23.9. The SMILES string of the molecule is COc1ccc(CNC(=O)C(C)Sc2nnc(-c3ccccc3Cl)n2Cc2ccccc2)cc1. The van der Waals surface area contributed by atoms with E-state index in [1.807, 2.05) is 78.2 Å². The van der Waals surface area contributed by atoms with Gasteiger partial charge in [-0.3, -0.25) is 9.36 Å². The Hall–Kier alpha value is -3.29. The number of benzene rings is 3. The number of amides is 1. The second kappa shape index (κ2) is 11.2. The molecule has 3 aromatic carbocycles. The first-order valence-electron chi connectivity index (χ1n) is 10.8. The van der Waals surface area contributed by atoms with Gasteiger partial charge < -0.3 is 10.1 Å². The van der Waals surface area contributed by atoms with Gasteiger partial charge in [-0.05, 0) is 42.3 Å². The summed E-state index contributed by atoms with van der Waals surface area (Å²) in [6.45, 7) is 2.87. The molecule has 34 heavy (non-hydrogen) atoms. The van der Waals surface area contributed by atoms with E-state index in [9.17, 15) is 4.79 Å². The number of carbonyl (C=O) groups excluding carboxylic acids is 1. The molecule has 1 heterocycles. The molecule has 1 unspecified atom stereocenters. The molecular weight excluding hydrogens is 468 g/mol. The molecule has 0 aliphatic rings. The summed E-state index contributed by atoms with van der Waals surface area (Å²) >= 11 is 7.83. The third kappa shape index (κ3) is 5.79. The summed E-state index contributed by atoms with van der Waals surface area (Å²) < 4.78 is 7.19. The molecule has 1 atom stereocenters. The maximum absolute atomic E-state index is 12.8. The summed E-state index contributed by atoms with van der Waals surface area (Å²) in [5.41, 5.74) is 2.91. The van der Waals surface area contributed by atoms with Crippen LogP contribution in [-0.2, 0) is 17.9 Å². The van der Waals surface area contributed by atoms with Crippen molar-refractivity contribution < 1.29 is 9.53 Å². The van der Waals surface area contributed by atoms with Crippen LogP contribution >= 0.6 is 23.4 Å². The highest BCUT2D eigenvalue weighted by Gasteiger charge is 2.22. The van der Waals surface area contributed by atoms with Crippen LogP contribution in [0.1, 0.15) is 18.1 Å². The Morgan fingerprint density at radius 1 is 1.00 bits per heavy atom. The first-order chi connectivity index (χ1) is 16.5. The van der Waals surface area contributed by atoms with Gasteiger partial charge in [0.2, 0.25) is 5.91 Å². The number of ether oxygens (including phenoxy) is 1. The molecule has 6 nitrogen and oxygen atoms in total. The molecule has 4 rings (SSSR count). The molecule has 0 radical (unpaired) electrons. The average Bonchev–Trinajstić information content (AvgIpc) is 3.25. The zero-order valence-electron chi connectivity index (χ0n) is 18.9. The van der Waals surface area contributed by atoms with E-state index in [-0.39, 0.29) is 11.2 Å². The molecule has 0 spiro atoms. The Morgan fingerprint density at radius 2 is 1.71 bits per heavy atom. The number of methoxy groups -OCH3 is 1. The van der Waals surface area contributed by atoms with Crippen molar-refractivity contribution in [3.63, 3.8) is 0 Å². The number of hydrogen-bond donors (Lipinski definition) is 1. The Balaban J connectivity index is 1.52. The lowest BCUT2D eigenvalue weighted by atomic mass is 10.2. The quantitative estimate of drug-likeness (QED) is 0.314. The fraction of sp³-hybridized carbons (Fsp3) is 0.192. The highest BCUT2D eigenvalue weighted by Crippen LogP contribution is 2.31. The molecule has 0 fully saturated rings. The van der Waals surface area contributed by atoms with E-state index < -0.39 is 0 Å². The Labute approximate surface area is 208 Å². The van der Waals surface area contributed by atoms with Crippen LogP contribution in [-0.4, -0.2) is 33.0 Å². The fourth-order valence-corrected chi connectivity index (χ4v) is 4.51. The minimum absolute atomic E-state index is 0.0747. The lowest BCUT2D eigenvalue weighted by Crippen LogP contribution is -2.30.